The highest BCUT2D eigenvalue weighted by Crippen LogP contribution is 2.42. The molecule has 0 bridgehead atoms. The Bertz CT molecular complexity index is 1880. The van der Waals surface area contributed by atoms with Gasteiger partial charge in [0, 0.05) is 34.0 Å². The van der Waals surface area contributed by atoms with E-state index in [4.69, 9.17) is 24.3 Å². The molecular formula is C35H34FN3O5. The second kappa shape index (κ2) is 11.4. The molecular weight excluding hydrogens is 561 g/mol. The zero-order valence-electron chi connectivity index (χ0n) is 25.3. The number of halogens is 1. The number of aliphatic carboxylic acids is 1. The van der Waals surface area contributed by atoms with Gasteiger partial charge in [-0.3, -0.25) is 0 Å². The van der Waals surface area contributed by atoms with Crippen molar-refractivity contribution in [1.29, 1.82) is 0 Å². The Morgan fingerprint density at radius 2 is 1.80 bits per heavy atom. The first-order valence-electron chi connectivity index (χ1n) is 14.6. The van der Waals surface area contributed by atoms with Crippen molar-refractivity contribution < 1.29 is 28.5 Å². The predicted molar refractivity (Wildman–Crippen MR) is 165 cm³/mol. The summed E-state index contributed by atoms with van der Waals surface area (Å²) in [5.74, 6) is -0.0963. The molecule has 1 aliphatic heterocycles. The number of nitrogens with zero attached hydrogens (tertiary/aromatic N) is 3. The molecule has 226 valence electrons. The summed E-state index contributed by atoms with van der Waals surface area (Å²) in [4.78, 5) is 17.5. The highest BCUT2D eigenvalue weighted by Gasteiger charge is 2.34. The zero-order chi connectivity index (χ0) is 31.2. The van der Waals surface area contributed by atoms with Crippen molar-refractivity contribution in [3.05, 3.63) is 94.9 Å². The average molecular weight is 596 g/mol. The Hall–Kier alpha value is -4.76. The van der Waals surface area contributed by atoms with Gasteiger partial charge in [-0.2, -0.15) is 5.10 Å². The molecule has 0 spiro atoms. The van der Waals surface area contributed by atoms with Crippen LogP contribution >= 0.6 is 0 Å². The van der Waals surface area contributed by atoms with E-state index in [1.807, 2.05) is 67.6 Å². The van der Waals surface area contributed by atoms with E-state index in [1.54, 1.807) is 32.2 Å². The number of aromatic nitrogens is 3. The van der Waals surface area contributed by atoms with Gasteiger partial charge in [-0.15, -0.1) is 0 Å². The van der Waals surface area contributed by atoms with E-state index >= 15 is 4.39 Å². The summed E-state index contributed by atoms with van der Waals surface area (Å²) in [7, 11) is 0. The van der Waals surface area contributed by atoms with Crippen LogP contribution in [0.5, 0.6) is 17.2 Å². The third kappa shape index (κ3) is 5.63. The van der Waals surface area contributed by atoms with Gasteiger partial charge in [0.25, 0.3) is 0 Å². The van der Waals surface area contributed by atoms with Gasteiger partial charge in [-0.25, -0.2) is 18.7 Å². The summed E-state index contributed by atoms with van der Waals surface area (Å²) in [6.45, 7) is 9.48. The van der Waals surface area contributed by atoms with Gasteiger partial charge in [0.1, 0.15) is 11.5 Å². The van der Waals surface area contributed by atoms with Gasteiger partial charge in [0.15, 0.2) is 23.3 Å². The number of hydrogen-bond donors (Lipinski definition) is 1. The molecule has 2 aromatic heterocycles. The molecule has 44 heavy (non-hydrogen) atoms. The third-order valence-electron chi connectivity index (χ3n) is 7.59. The van der Waals surface area contributed by atoms with Crippen molar-refractivity contribution in [1.82, 2.24) is 14.6 Å². The number of para-hydroxylation sites is 1. The van der Waals surface area contributed by atoms with Crippen LogP contribution in [0.1, 0.15) is 55.7 Å². The van der Waals surface area contributed by atoms with Gasteiger partial charge in [-0.05, 0) is 83.4 Å². The lowest BCUT2D eigenvalue weighted by Gasteiger charge is -2.28. The number of hydrogen-bond acceptors (Lipinski definition) is 6. The number of carbonyl (C=O) groups is 1. The van der Waals surface area contributed by atoms with E-state index in [0.717, 1.165) is 23.1 Å². The van der Waals surface area contributed by atoms with Crippen LogP contribution in [0.2, 0.25) is 0 Å². The number of carboxylic acid groups (broad SMARTS) is 1. The van der Waals surface area contributed by atoms with Crippen molar-refractivity contribution in [2.75, 3.05) is 6.61 Å². The minimum atomic E-state index is -1.38. The highest BCUT2D eigenvalue weighted by atomic mass is 19.1. The topological polar surface area (TPSA) is 95.2 Å². The molecule has 3 heterocycles. The number of rotatable bonds is 7. The highest BCUT2D eigenvalue weighted by molar-refractivity contribution is 5.82. The average Bonchev–Trinajstić information content (AvgIpc) is 3.41. The summed E-state index contributed by atoms with van der Waals surface area (Å²) >= 11 is 0. The number of ether oxygens (including phenoxy) is 3. The molecule has 0 radical (unpaired) electrons. The maximum atomic E-state index is 15.6. The Kier molecular flexibility index (Phi) is 7.59. The normalized spacial score (nSPS) is 13.8. The minimum absolute atomic E-state index is 0.248. The summed E-state index contributed by atoms with van der Waals surface area (Å²) in [6.07, 6.45) is 0.0207. The van der Waals surface area contributed by atoms with E-state index in [1.165, 1.54) is 6.07 Å². The van der Waals surface area contributed by atoms with E-state index in [2.05, 4.69) is 0 Å². The first-order valence-corrected chi connectivity index (χ1v) is 14.6. The first kappa shape index (κ1) is 29.3. The Morgan fingerprint density at radius 3 is 2.52 bits per heavy atom. The van der Waals surface area contributed by atoms with E-state index < -0.39 is 23.5 Å². The Labute approximate surface area is 255 Å². The van der Waals surface area contributed by atoms with E-state index in [-0.39, 0.29) is 5.75 Å². The Balaban J connectivity index is 1.58. The van der Waals surface area contributed by atoms with Crippen molar-refractivity contribution in [3.63, 3.8) is 0 Å². The van der Waals surface area contributed by atoms with Crippen molar-refractivity contribution in [2.24, 2.45) is 0 Å². The minimum Gasteiger partial charge on any atom is -0.490 e. The fourth-order valence-corrected chi connectivity index (χ4v) is 5.68. The lowest BCUT2D eigenvalue weighted by Crippen LogP contribution is -2.29. The molecule has 1 N–H and O–H groups in total. The van der Waals surface area contributed by atoms with Crippen LogP contribution in [0.25, 0.3) is 28.2 Å². The number of fused-ring (bicyclic) bond motifs is 2. The fraction of sp³-hybridized carbons (Fsp3) is 0.286. The second-order valence-electron chi connectivity index (χ2n) is 11.9. The van der Waals surface area contributed by atoms with E-state index in [0.29, 0.717) is 58.4 Å². The molecule has 6 rings (SSSR count). The third-order valence-corrected chi connectivity index (χ3v) is 7.59. The first-order chi connectivity index (χ1) is 21.0. The van der Waals surface area contributed by atoms with Crippen LogP contribution in [-0.4, -0.2) is 37.9 Å². The van der Waals surface area contributed by atoms with Gasteiger partial charge in [0.05, 0.1) is 23.6 Å². The van der Waals surface area contributed by atoms with E-state index in [9.17, 15) is 9.90 Å². The van der Waals surface area contributed by atoms with Crippen LogP contribution in [0.4, 0.5) is 4.39 Å². The molecule has 0 saturated carbocycles. The molecule has 8 nitrogen and oxygen atoms in total. The number of carboxylic acids is 1. The SMILES string of the molecule is Cc1nc2cc(-c3cccc(Oc4ccccc4)c3)nn2c(-c2cc(F)c3c(c2C)CCCO3)c1C(OC(C)(C)C)C(=O)O. The monoisotopic (exact) mass is 595 g/mol. The van der Waals surface area contributed by atoms with Crippen LogP contribution < -0.4 is 9.47 Å². The van der Waals surface area contributed by atoms with Gasteiger partial charge in [-0.1, -0.05) is 30.3 Å². The molecule has 5 aromatic rings. The van der Waals surface area contributed by atoms with Crippen molar-refractivity contribution >= 4 is 11.6 Å². The standard InChI is InChI=1S/C35H34FN3O5/c1-20-25-15-10-16-42-32(25)27(36)18-26(20)31-30(33(34(40)41)44-35(3,4)5)21(2)37-29-19-28(38-39(29)31)22-11-9-14-24(17-22)43-23-12-7-6-8-13-23/h6-9,11-14,17-19,33H,10,15-16H2,1-5H3,(H,40,41). The van der Waals surface area contributed by atoms with Crippen LogP contribution in [0.15, 0.2) is 66.7 Å². The van der Waals surface area contributed by atoms with Crippen LogP contribution in [0.3, 0.4) is 0 Å². The number of aryl methyl sites for hydroxylation is 1. The van der Waals surface area contributed by atoms with Crippen molar-refractivity contribution in [3.8, 4) is 39.8 Å². The summed E-state index contributed by atoms with van der Waals surface area (Å²) in [6, 6.07) is 20.3. The van der Waals surface area contributed by atoms with Gasteiger partial charge < -0.3 is 19.3 Å². The summed E-state index contributed by atoms with van der Waals surface area (Å²) in [5, 5.41) is 15.3. The molecule has 1 aliphatic rings. The largest absolute Gasteiger partial charge is 0.490 e. The predicted octanol–water partition coefficient (Wildman–Crippen LogP) is 7.88. The maximum absolute atomic E-state index is 15.6. The molecule has 1 unspecified atom stereocenters. The molecule has 1 atom stereocenters. The summed E-state index contributed by atoms with van der Waals surface area (Å²) < 4.78 is 35.1. The van der Waals surface area contributed by atoms with Crippen molar-refractivity contribution in [2.45, 2.75) is 59.2 Å². The molecule has 9 heteroatoms. The van der Waals surface area contributed by atoms with Gasteiger partial charge in [0.2, 0.25) is 0 Å². The zero-order valence-corrected chi connectivity index (χ0v) is 25.3. The van der Waals surface area contributed by atoms with Crippen LogP contribution in [-0.2, 0) is 16.0 Å². The maximum Gasteiger partial charge on any atom is 0.337 e. The smallest absolute Gasteiger partial charge is 0.337 e. The molecule has 0 amide bonds. The Morgan fingerprint density at radius 1 is 1.05 bits per heavy atom. The fourth-order valence-electron chi connectivity index (χ4n) is 5.68. The molecule has 3 aromatic carbocycles. The number of benzene rings is 3. The molecule has 0 aliphatic carbocycles. The van der Waals surface area contributed by atoms with Gasteiger partial charge >= 0.3 is 5.97 Å². The summed E-state index contributed by atoms with van der Waals surface area (Å²) in [5.41, 5.74) is 4.31. The van der Waals surface area contributed by atoms with Crippen LogP contribution in [0, 0.1) is 19.7 Å². The lowest BCUT2D eigenvalue weighted by atomic mass is 9.91. The lowest BCUT2D eigenvalue weighted by molar-refractivity contribution is -0.160. The quantitative estimate of drug-likeness (QED) is 0.205. The molecule has 0 fully saturated rings. The second-order valence-corrected chi connectivity index (χ2v) is 11.9. The molecule has 0 saturated heterocycles.